The maximum absolute atomic E-state index is 15.3. The number of rotatable bonds is 10. The predicted octanol–water partition coefficient (Wildman–Crippen LogP) is 12.6. The van der Waals surface area contributed by atoms with Gasteiger partial charge in [0.1, 0.15) is 23.0 Å². The van der Waals surface area contributed by atoms with Crippen molar-refractivity contribution in [3.05, 3.63) is 70.0 Å². The van der Waals surface area contributed by atoms with Crippen LogP contribution < -0.4 is 0 Å². The minimum atomic E-state index is -5.14. The summed E-state index contributed by atoms with van der Waals surface area (Å²) in [7, 11) is 0. The Morgan fingerprint density at radius 2 is 1.17 bits per heavy atom. The minimum absolute atomic E-state index is 0.0944. The molecule has 5 rings (SSSR count). The molecule has 3 fully saturated rings. The first-order chi connectivity index (χ1) is 21.9. The Hall–Kier alpha value is -2.16. The molecule has 3 aliphatic rings. The van der Waals surface area contributed by atoms with Gasteiger partial charge < -0.3 is 4.74 Å². The van der Waals surface area contributed by atoms with Crippen molar-refractivity contribution < 1.29 is 39.9 Å². The minimum Gasteiger partial charge on any atom is -0.317 e. The number of unbranched alkanes of at least 4 members (excludes halogenated alkanes) is 2. The van der Waals surface area contributed by atoms with Gasteiger partial charge in [-0.3, -0.25) is 0 Å². The zero-order chi connectivity index (χ0) is 33.1. The van der Waals surface area contributed by atoms with Crippen molar-refractivity contribution >= 4 is 0 Å². The van der Waals surface area contributed by atoms with Gasteiger partial charge in [0.15, 0.2) is 0 Å². The van der Waals surface area contributed by atoms with Crippen LogP contribution >= 0.6 is 0 Å². The molecule has 46 heavy (non-hydrogen) atoms. The summed E-state index contributed by atoms with van der Waals surface area (Å²) in [5, 5.41) is 0. The zero-order valence-electron chi connectivity index (χ0n) is 26.6. The molecule has 0 aliphatic heterocycles. The Morgan fingerprint density at radius 1 is 0.630 bits per heavy atom. The predicted molar refractivity (Wildman–Crippen MR) is 162 cm³/mol. The van der Waals surface area contributed by atoms with Crippen LogP contribution in [-0.2, 0) is 10.9 Å². The molecule has 0 amide bonds. The fraction of sp³-hybridized carbons (Fsp3) is 0.676. The summed E-state index contributed by atoms with van der Waals surface area (Å²) < 4.78 is 118. The van der Waals surface area contributed by atoms with Crippen LogP contribution in [0.2, 0.25) is 0 Å². The van der Waals surface area contributed by atoms with E-state index in [1.54, 1.807) is 6.07 Å². The van der Waals surface area contributed by atoms with E-state index in [0.717, 1.165) is 24.3 Å². The Bertz CT molecular complexity index is 1260. The lowest BCUT2D eigenvalue weighted by molar-refractivity contribution is -0.300. The summed E-state index contributed by atoms with van der Waals surface area (Å²) in [6.45, 7) is 2.22. The molecule has 256 valence electrons. The molecule has 0 aromatic heterocycles. The number of hydrogen-bond donors (Lipinski definition) is 0. The Labute approximate surface area is 267 Å². The molecule has 0 radical (unpaired) electrons. The van der Waals surface area contributed by atoms with E-state index in [-0.39, 0.29) is 55.8 Å². The standard InChI is InChI=1S/C37H46F8O/c1-2-3-4-5-23-6-8-24(9-7-23)27-14-19-31(32(38)20-27)26-10-15-29(16-11-26)37(44,45)46-30-17-12-25(13-18-30)28-21-33(39)35(34(40)22-28)36(41,42)43/h14,19-26,29-30H,2-13,15-18H2,1H3. The molecule has 0 spiro atoms. The normalized spacial score (nSPS) is 27.9. The highest BCUT2D eigenvalue weighted by atomic mass is 19.4. The Morgan fingerprint density at radius 3 is 1.74 bits per heavy atom. The summed E-state index contributed by atoms with van der Waals surface area (Å²) in [5.74, 6) is -3.97. The van der Waals surface area contributed by atoms with Crippen molar-refractivity contribution in [2.24, 2.45) is 11.8 Å². The van der Waals surface area contributed by atoms with Crippen LogP contribution in [0.4, 0.5) is 35.1 Å². The van der Waals surface area contributed by atoms with Crippen LogP contribution in [0.3, 0.4) is 0 Å². The van der Waals surface area contributed by atoms with E-state index < -0.39 is 47.4 Å². The first kappa shape index (κ1) is 35.2. The molecule has 2 aromatic rings. The second-order valence-electron chi connectivity index (χ2n) is 14.1. The fourth-order valence-corrected chi connectivity index (χ4v) is 8.27. The molecule has 0 bridgehead atoms. The molecular formula is C37H46F8O. The van der Waals surface area contributed by atoms with Gasteiger partial charge in [-0.1, -0.05) is 44.7 Å². The quantitative estimate of drug-likeness (QED) is 0.182. The number of halogens is 8. The summed E-state index contributed by atoms with van der Waals surface area (Å²) in [6, 6.07) is 6.97. The number of benzene rings is 2. The van der Waals surface area contributed by atoms with Crippen molar-refractivity contribution in [2.75, 3.05) is 0 Å². The Balaban J connectivity index is 1.09. The molecule has 0 saturated heterocycles. The molecule has 1 nitrogen and oxygen atoms in total. The van der Waals surface area contributed by atoms with Gasteiger partial charge in [-0.05, 0) is 136 Å². The maximum atomic E-state index is 15.3. The molecule has 0 N–H and O–H groups in total. The lowest BCUT2D eigenvalue weighted by Gasteiger charge is -2.37. The monoisotopic (exact) mass is 658 g/mol. The number of ether oxygens (including phenoxy) is 1. The zero-order valence-corrected chi connectivity index (χ0v) is 26.6. The fourth-order valence-electron chi connectivity index (χ4n) is 8.27. The van der Waals surface area contributed by atoms with Crippen molar-refractivity contribution in [1.82, 2.24) is 0 Å². The number of alkyl halides is 5. The van der Waals surface area contributed by atoms with E-state index in [9.17, 15) is 22.0 Å². The third kappa shape index (κ3) is 8.46. The van der Waals surface area contributed by atoms with Gasteiger partial charge in [-0.15, -0.1) is 0 Å². The van der Waals surface area contributed by atoms with Gasteiger partial charge in [-0.2, -0.15) is 22.0 Å². The molecule has 3 saturated carbocycles. The van der Waals surface area contributed by atoms with Crippen LogP contribution in [0.1, 0.15) is 150 Å². The molecular weight excluding hydrogens is 612 g/mol. The highest BCUT2D eigenvalue weighted by Crippen LogP contribution is 2.47. The van der Waals surface area contributed by atoms with Crippen LogP contribution in [0.15, 0.2) is 30.3 Å². The Kier molecular flexibility index (Phi) is 11.4. The van der Waals surface area contributed by atoms with Crippen molar-refractivity contribution in [3.63, 3.8) is 0 Å². The summed E-state index contributed by atoms with van der Waals surface area (Å²) >= 11 is 0. The molecule has 3 aliphatic carbocycles. The largest absolute Gasteiger partial charge is 0.422 e. The van der Waals surface area contributed by atoms with Crippen LogP contribution in [0.5, 0.6) is 0 Å². The second-order valence-corrected chi connectivity index (χ2v) is 14.1. The van der Waals surface area contributed by atoms with Crippen LogP contribution in [-0.4, -0.2) is 12.2 Å². The van der Waals surface area contributed by atoms with Gasteiger partial charge in [0.05, 0.1) is 12.0 Å². The smallest absolute Gasteiger partial charge is 0.317 e. The molecule has 9 heteroatoms. The first-order valence-corrected chi connectivity index (χ1v) is 17.3. The summed E-state index contributed by atoms with van der Waals surface area (Å²) in [5.41, 5.74) is -0.177. The van der Waals surface area contributed by atoms with Crippen molar-refractivity contribution in [3.8, 4) is 0 Å². The maximum Gasteiger partial charge on any atom is 0.422 e. The van der Waals surface area contributed by atoms with Crippen LogP contribution in [0.25, 0.3) is 0 Å². The number of hydrogen-bond acceptors (Lipinski definition) is 1. The van der Waals surface area contributed by atoms with Gasteiger partial charge in [0, 0.05) is 0 Å². The third-order valence-corrected chi connectivity index (χ3v) is 11.0. The van der Waals surface area contributed by atoms with E-state index >= 15 is 13.2 Å². The molecule has 2 aromatic carbocycles. The molecule has 0 heterocycles. The van der Waals surface area contributed by atoms with Gasteiger partial charge in [0.2, 0.25) is 0 Å². The average Bonchev–Trinajstić information content (AvgIpc) is 3.01. The van der Waals surface area contributed by atoms with Gasteiger partial charge in [-0.25, -0.2) is 13.2 Å². The first-order valence-electron chi connectivity index (χ1n) is 17.3. The topological polar surface area (TPSA) is 9.23 Å². The lowest BCUT2D eigenvalue weighted by atomic mass is 9.75. The van der Waals surface area contributed by atoms with E-state index in [4.69, 9.17) is 4.74 Å². The summed E-state index contributed by atoms with van der Waals surface area (Å²) in [4.78, 5) is 0. The van der Waals surface area contributed by atoms with Gasteiger partial charge >= 0.3 is 12.3 Å². The lowest BCUT2D eigenvalue weighted by Crippen LogP contribution is -2.38. The van der Waals surface area contributed by atoms with E-state index in [1.807, 2.05) is 12.1 Å². The van der Waals surface area contributed by atoms with E-state index in [2.05, 4.69) is 6.92 Å². The third-order valence-electron chi connectivity index (χ3n) is 11.0. The molecule has 0 atom stereocenters. The van der Waals surface area contributed by atoms with E-state index in [1.165, 1.54) is 38.5 Å². The average molecular weight is 659 g/mol. The van der Waals surface area contributed by atoms with Gasteiger partial charge in [0.25, 0.3) is 0 Å². The van der Waals surface area contributed by atoms with E-state index in [0.29, 0.717) is 36.5 Å². The highest BCUT2D eigenvalue weighted by Gasteiger charge is 2.45. The second kappa shape index (κ2) is 14.9. The SMILES string of the molecule is CCCCCC1CCC(c2ccc(C3CCC(C(F)(F)OC4CCC(c5cc(F)c(C(F)(F)F)c(F)c5)CC4)CC3)c(F)c2)CC1. The highest BCUT2D eigenvalue weighted by molar-refractivity contribution is 5.31. The van der Waals surface area contributed by atoms with Crippen molar-refractivity contribution in [2.45, 2.75) is 146 Å². The van der Waals surface area contributed by atoms with Crippen molar-refractivity contribution in [1.29, 1.82) is 0 Å². The summed E-state index contributed by atoms with van der Waals surface area (Å²) in [6.07, 6.45) is 2.64. The van der Waals surface area contributed by atoms with Crippen LogP contribution in [0, 0.1) is 29.3 Å². The molecule has 0 unspecified atom stereocenters.